The number of carboxylic acid groups (broad SMARTS) is 1. The molecule has 25 heavy (non-hydrogen) atoms. The first kappa shape index (κ1) is 17.7. The highest BCUT2D eigenvalue weighted by Crippen LogP contribution is 2.33. The molecule has 1 fully saturated rings. The van der Waals surface area contributed by atoms with E-state index in [-0.39, 0.29) is 23.3 Å². The Labute approximate surface area is 161 Å². The number of carbonyl (C=O) groups excluding carboxylic acids is 2. The minimum Gasteiger partial charge on any atom is -0.478 e. The molecule has 1 aliphatic heterocycles. The summed E-state index contributed by atoms with van der Waals surface area (Å²) in [7, 11) is 0. The van der Waals surface area contributed by atoms with Crippen LogP contribution in [-0.4, -0.2) is 27.1 Å². The maximum Gasteiger partial charge on any atom is 0.335 e. The minimum absolute atomic E-state index is 0.170. The number of rotatable bonds is 4. The summed E-state index contributed by atoms with van der Waals surface area (Å²) in [5, 5.41) is 8.59. The van der Waals surface area contributed by atoms with E-state index in [9.17, 15) is 14.4 Å². The number of imide groups is 1. The van der Waals surface area contributed by atoms with Gasteiger partial charge in [-0.05, 0) is 75.8 Å². The smallest absolute Gasteiger partial charge is 0.335 e. The average molecular weight is 465 g/mol. The van der Waals surface area contributed by atoms with Crippen LogP contribution in [-0.2, 0) is 11.3 Å². The summed E-state index contributed by atoms with van der Waals surface area (Å²) in [6.07, 6.45) is 1.60. The highest BCUT2D eigenvalue weighted by atomic mass is 127. The molecule has 1 heterocycles. The third kappa shape index (κ3) is 4.10. The van der Waals surface area contributed by atoms with Gasteiger partial charge in [0.1, 0.15) is 0 Å². The Balaban J connectivity index is 1.78. The summed E-state index contributed by atoms with van der Waals surface area (Å²) in [6, 6.07) is 13.8. The van der Waals surface area contributed by atoms with Gasteiger partial charge in [-0.3, -0.25) is 14.5 Å². The van der Waals surface area contributed by atoms with E-state index >= 15 is 0 Å². The van der Waals surface area contributed by atoms with Crippen LogP contribution in [0.15, 0.2) is 53.4 Å². The first-order valence-corrected chi connectivity index (χ1v) is 9.17. The van der Waals surface area contributed by atoms with Crippen molar-refractivity contribution in [3.05, 3.63) is 73.7 Å². The van der Waals surface area contributed by atoms with Crippen LogP contribution in [0, 0.1) is 3.57 Å². The number of nitrogens with zero attached hydrogens (tertiary/aromatic N) is 1. The fourth-order valence-electron chi connectivity index (χ4n) is 2.28. The third-order valence-electron chi connectivity index (χ3n) is 3.58. The Hall–Kier alpha value is -2.13. The van der Waals surface area contributed by atoms with Crippen molar-refractivity contribution < 1.29 is 19.5 Å². The summed E-state index contributed by atoms with van der Waals surface area (Å²) < 4.78 is 1.08. The molecule has 1 saturated heterocycles. The van der Waals surface area contributed by atoms with E-state index in [1.54, 1.807) is 18.2 Å². The zero-order valence-corrected chi connectivity index (χ0v) is 15.8. The standard InChI is InChI=1S/C18H12INO4S/c19-14-7-3-12(4-8-14)10-20-16(21)15(25-18(20)24)9-11-1-5-13(6-2-11)17(22)23/h1-9H,10H2,(H,22,23)/b15-9-. The quantitative estimate of drug-likeness (QED) is 0.541. The lowest BCUT2D eigenvalue weighted by atomic mass is 10.1. The van der Waals surface area contributed by atoms with Crippen molar-refractivity contribution in [3.8, 4) is 0 Å². The fraction of sp³-hybridized carbons (Fsp3) is 0.0556. The molecule has 2 aromatic carbocycles. The fourth-order valence-corrected chi connectivity index (χ4v) is 3.48. The van der Waals surface area contributed by atoms with Crippen LogP contribution >= 0.6 is 34.4 Å². The molecule has 0 atom stereocenters. The maximum absolute atomic E-state index is 12.5. The molecule has 0 spiro atoms. The predicted molar refractivity (Wildman–Crippen MR) is 104 cm³/mol. The second-order valence-electron chi connectivity index (χ2n) is 5.32. The molecule has 2 amide bonds. The van der Waals surface area contributed by atoms with Crippen molar-refractivity contribution in [2.45, 2.75) is 6.54 Å². The van der Waals surface area contributed by atoms with E-state index < -0.39 is 5.97 Å². The van der Waals surface area contributed by atoms with Gasteiger partial charge in [-0.25, -0.2) is 4.79 Å². The van der Waals surface area contributed by atoms with E-state index in [2.05, 4.69) is 22.6 Å². The third-order valence-corrected chi connectivity index (χ3v) is 5.21. The Morgan fingerprint density at radius 1 is 1.08 bits per heavy atom. The summed E-state index contributed by atoms with van der Waals surface area (Å²) in [6.45, 7) is 0.233. The minimum atomic E-state index is -1.01. The van der Waals surface area contributed by atoms with E-state index in [4.69, 9.17) is 5.11 Å². The van der Waals surface area contributed by atoms with Gasteiger partial charge in [0.05, 0.1) is 17.0 Å². The molecule has 1 N–H and O–H groups in total. The molecular formula is C18H12INO4S. The lowest BCUT2D eigenvalue weighted by molar-refractivity contribution is -0.123. The van der Waals surface area contributed by atoms with Crippen molar-refractivity contribution in [2.24, 2.45) is 0 Å². The molecule has 1 aliphatic rings. The molecule has 2 aromatic rings. The topological polar surface area (TPSA) is 74.7 Å². The molecule has 0 bridgehead atoms. The van der Waals surface area contributed by atoms with Crippen molar-refractivity contribution in [2.75, 3.05) is 0 Å². The van der Waals surface area contributed by atoms with Gasteiger partial charge in [0.2, 0.25) is 0 Å². The van der Waals surface area contributed by atoms with Crippen LogP contribution in [0.25, 0.3) is 6.08 Å². The van der Waals surface area contributed by atoms with E-state index in [1.807, 2.05) is 24.3 Å². The van der Waals surface area contributed by atoms with Crippen LogP contribution in [0.1, 0.15) is 21.5 Å². The summed E-state index contributed by atoms with van der Waals surface area (Å²) >= 11 is 3.08. The summed E-state index contributed by atoms with van der Waals surface area (Å²) in [4.78, 5) is 37.0. The second-order valence-corrected chi connectivity index (χ2v) is 7.56. The number of amides is 2. The lowest BCUT2D eigenvalue weighted by Crippen LogP contribution is -2.27. The average Bonchev–Trinajstić information content (AvgIpc) is 2.85. The second kappa shape index (κ2) is 7.40. The molecule has 5 nitrogen and oxygen atoms in total. The van der Waals surface area contributed by atoms with Crippen LogP contribution < -0.4 is 0 Å². The van der Waals surface area contributed by atoms with E-state index in [0.717, 1.165) is 20.9 Å². The molecule has 0 aromatic heterocycles. The molecule has 0 aliphatic carbocycles. The first-order valence-electron chi connectivity index (χ1n) is 7.27. The zero-order valence-electron chi connectivity index (χ0n) is 12.8. The number of hydrogen-bond donors (Lipinski definition) is 1. The van der Waals surface area contributed by atoms with E-state index in [0.29, 0.717) is 10.5 Å². The molecule has 3 rings (SSSR count). The van der Waals surface area contributed by atoms with Gasteiger partial charge in [0, 0.05) is 3.57 Å². The van der Waals surface area contributed by atoms with Crippen LogP contribution in [0.5, 0.6) is 0 Å². The van der Waals surface area contributed by atoms with Gasteiger partial charge in [-0.2, -0.15) is 0 Å². The van der Waals surface area contributed by atoms with Crippen LogP contribution in [0.3, 0.4) is 0 Å². The molecule has 0 unspecified atom stereocenters. The first-order chi connectivity index (χ1) is 11.9. The molecule has 126 valence electrons. The number of carboxylic acids is 1. The van der Waals surface area contributed by atoms with Gasteiger partial charge in [-0.1, -0.05) is 24.3 Å². The largest absolute Gasteiger partial charge is 0.478 e. The number of hydrogen-bond acceptors (Lipinski definition) is 4. The van der Waals surface area contributed by atoms with Gasteiger partial charge in [-0.15, -0.1) is 0 Å². The highest BCUT2D eigenvalue weighted by molar-refractivity contribution is 14.1. The Kier molecular flexibility index (Phi) is 5.24. The van der Waals surface area contributed by atoms with Crippen LogP contribution in [0.2, 0.25) is 0 Å². The highest BCUT2D eigenvalue weighted by Gasteiger charge is 2.34. The van der Waals surface area contributed by atoms with Crippen molar-refractivity contribution in [1.82, 2.24) is 4.90 Å². The van der Waals surface area contributed by atoms with Gasteiger partial charge in [0.15, 0.2) is 0 Å². The van der Waals surface area contributed by atoms with Gasteiger partial charge in [0.25, 0.3) is 11.1 Å². The number of aromatic carboxylic acids is 1. The molecule has 7 heteroatoms. The number of thioether (sulfide) groups is 1. The summed E-state index contributed by atoms with van der Waals surface area (Å²) in [5.74, 6) is -1.35. The van der Waals surface area contributed by atoms with Gasteiger partial charge < -0.3 is 5.11 Å². The predicted octanol–water partition coefficient (Wildman–Crippen LogP) is 4.23. The summed E-state index contributed by atoms with van der Waals surface area (Å²) in [5.41, 5.74) is 1.73. The van der Waals surface area contributed by atoms with Crippen LogP contribution in [0.4, 0.5) is 4.79 Å². The van der Waals surface area contributed by atoms with Crippen molar-refractivity contribution in [3.63, 3.8) is 0 Å². The molecular weight excluding hydrogens is 453 g/mol. The molecule has 0 radical (unpaired) electrons. The van der Waals surface area contributed by atoms with Crippen molar-refractivity contribution >= 4 is 57.5 Å². The van der Waals surface area contributed by atoms with Crippen molar-refractivity contribution in [1.29, 1.82) is 0 Å². The zero-order chi connectivity index (χ0) is 18.0. The molecule has 0 saturated carbocycles. The lowest BCUT2D eigenvalue weighted by Gasteiger charge is -2.12. The maximum atomic E-state index is 12.5. The Morgan fingerprint density at radius 2 is 1.72 bits per heavy atom. The monoisotopic (exact) mass is 465 g/mol. The Morgan fingerprint density at radius 3 is 2.32 bits per heavy atom. The Bertz CT molecular complexity index is 875. The van der Waals surface area contributed by atoms with E-state index in [1.165, 1.54) is 17.0 Å². The number of benzene rings is 2. The SMILES string of the molecule is O=C(O)c1ccc(/C=C2\SC(=O)N(Cc3ccc(I)cc3)C2=O)cc1. The normalized spacial score (nSPS) is 15.9. The van der Waals surface area contributed by atoms with Gasteiger partial charge >= 0.3 is 5.97 Å². The number of halogens is 1. The number of carbonyl (C=O) groups is 3.